The quantitative estimate of drug-likeness (QED) is 0.808. The molecule has 0 aliphatic carbocycles. The summed E-state index contributed by atoms with van der Waals surface area (Å²) < 4.78 is 10.5. The number of methoxy groups -OCH3 is 1. The number of carbonyl (C=O) groups is 2. The molecule has 0 spiro atoms. The minimum absolute atomic E-state index is 0.00607. The number of imide groups is 1. The van der Waals surface area contributed by atoms with Gasteiger partial charge in [-0.05, 0) is 42.3 Å². The van der Waals surface area contributed by atoms with Crippen LogP contribution < -0.4 is 9.47 Å². The number of hydrogen-bond donors (Lipinski definition) is 1. The topological polar surface area (TPSA) is 76.1 Å². The lowest BCUT2D eigenvalue weighted by atomic mass is 10.1. The number of aliphatic hydroxyl groups is 1. The van der Waals surface area contributed by atoms with Crippen molar-refractivity contribution in [2.75, 3.05) is 13.7 Å². The highest BCUT2D eigenvalue weighted by Gasteiger charge is 2.39. The Kier molecular flexibility index (Phi) is 4.93. The van der Waals surface area contributed by atoms with Gasteiger partial charge in [-0.15, -0.1) is 0 Å². The molecule has 6 nitrogen and oxygen atoms in total. The maximum absolute atomic E-state index is 12.7. The third-order valence-electron chi connectivity index (χ3n) is 4.10. The summed E-state index contributed by atoms with van der Waals surface area (Å²) in [5.41, 5.74) is 1.24. The fraction of sp³-hybridized carbons (Fsp3) is 0.200. The zero-order valence-corrected chi connectivity index (χ0v) is 14.6. The van der Waals surface area contributed by atoms with Crippen LogP contribution in [0.4, 0.5) is 0 Å². The van der Waals surface area contributed by atoms with Crippen molar-refractivity contribution in [2.24, 2.45) is 0 Å². The van der Waals surface area contributed by atoms with E-state index >= 15 is 0 Å². The summed E-state index contributed by atoms with van der Waals surface area (Å²) in [5.74, 6) is -0.415. The SMILES string of the molecule is CCOc1ccc(C2=C(O)C(=O)N(Cc3ccc(OC)cc3)C2=O)cc1. The summed E-state index contributed by atoms with van der Waals surface area (Å²) in [7, 11) is 1.56. The predicted molar refractivity (Wildman–Crippen MR) is 95.7 cm³/mol. The summed E-state index contributed by atoms with van der Waals surface area (Å²) in [6, 6.07) is 13.7. The minimum Gasteiger partial charge on any atom is -0.502 e. The first-order chi connectivity index (χ1) is 12.5. The molecule has 1 N–H and O–H groups in total. The summed E-state index contributed by atoms with van der Waals surface area (Å²) in [5, 5.41) is 10.2. The standard InChI is InChI=1S/C20H19NO5/c1-3-26-16-10-6-14(7-11-16)17-18(22)20(24)21(19(17)23)12-13-4-8-15(25-2)9-5-13/h4-11,22H,3,12H2,1-2H3. The molecule has 6 heteroatoms. The van der Waals surface area contributed by atoms with Crippen LogP contribution in [0.25, 0.3) is 5.57 Å². The average Bonchev–Trinajstić information content (AvgIpc) is 2.87. The van der Waals surface area contributed by atoms with E-state index in [4.69, 9.17) is 9.47 Å². The lowest BCUT2D eigenvalue weighted by Gasteiger charge is -2.15. The third kappa shape index (κ3) is 3.26. The normalized spacial score (nSPS) is 14.2. The van der Waals surface area contributed by atoms with Crippen LogP contribution in [0.5, 0.6) is 11.5 Å². The first-order valence-corrected chi connectivity index (χ1v) is 8.20. The number of carbonyl (C=O) groups excluding carboxylic acids is 2. The lowest BCUT2D eigenvalue weighted by molar-refractivity contribution is -0.138. The molecule has 0 saturated heterocycles. The highest BCUT2D eigenvalue weighted by Crippen LogP contribution is 2.30. The van der Waals surface area contributed by atoms with Crippen LogP contribution >= 0.6 is 0 Å². The second-order valence-corrected chi connectivity index (χ2v) is 5.73. The fourth-order valence-corrected chi connectivity index (χ4v) is 2.77. The second-order valence-electron chi connectivity index (χ2n) is 5.73. The number of nitrogens with zero attached hydrogens (tertiary/aromatic N) is 1. The maximum atomic E-state index is 12.7. The van der Waals surface area contributed by atoms with Gasteiger partial charge in [-0.3, -0.25) is 14.5 Å². The molecule has 1 heterocycles. The smallest absolute Gasteiger partial charge is 0.296 e. The van der Waals surface area contributed by atoms with Crippen LogP contribution in [-0.2, 0) is 16.1 Å². The van der Waals surface area contributed by atoms with E-state index in [0.29, 0.717) is 23.7 Å². The van der Waals surface area contributed by atoms with Crippen molar-refractivity contribution in [1.29, 1.82) is 0 Å². The molecule has 2 aromatic rings. The van der Waals surface area contributed by atoms with Gasteiger partial charge in [0.1, 0.15) is 11.5 Å². The largest absolute Gasteiger partial charge is 0.502 e. The molecule has 0 unspecified atom stereocenters. The Bertz CT molecular complexity index is 853. The van der Waals surface area contributed by atoms with Gasteiger partial charge in [-0.1, -0.05) is 24.3 Å². The van der Waals surface area contributed by atoms with Gasteiger partial charge in [0.2, 0.25) is 0 Å². The molecule has 0 bridgehead atoms. The zero-order chi connectivity index (χ0) is 18.7. The minimum atomic E-state index is -0.699. The molecule has 0 aromatic heterocycles. The molecular weight excluding hydrogens is 334 g/mol. The molecule has 2 aromatic carbocycles. The van der Waals surface area contributed by atoms with Crippen LogP contribution in [0.2, 0.25) is 0 Å². The van der Waals surface area contributed by atoms with Gasteiger partial charge >= 0.3 is 0 Å². The summed E-state index contributed by atoms with van der Waals surface area (Å²) >= 11 is 0. The average molecular weight is 353 g/mol. The van der Waals surface area contributed by atoms with Crippen LogP contribution in [0.15, 0.2) is 54.3 Å². The van der Waals surface area contributed by atoms with E-state index in [2.05, 4.69) is 0 Å². The van der Waals surface area contributed by atoms with Crippen molar-refractivity contribution in [3.63, 3.8) is 0 Å². The molecule has 0 radical (unpaired) electrons. The van der Waals surface area contributed by atoms with Crippen molar-refractivity contribution in [2.45, 2.75) is 13.5 Å². The van der Waals surface area contributed by atoms with Gasteiger partial charge in [-0.2, -0.15) is 0 Å². The Morgan fingerprint density at radius 3 is 2.12 bits per heavy atom. The fourth-order valence-electron chi connectivity index (χ4n) is 2.77. The second kappa shape index (κ2) is 7.31. The van der Waals surface area contributed by atoms with Crippen molar-refractivity contribution < 1.29 is 24.2 Å². The number of amides is 2. The van der Waals surface area contributed by atoms with E-state index in [1.54, 1.807) is 55.6 Å². The van der Waals surface area contributed by atoms with E-state index in [1.807, 2.05) is 6.92 Å². The van der Waals surface area contributed by atoms with Crippen LogP contribution in [0, 0.1) is 0 Å². The number of aliphatic hydroxyl groups excluding tert-OH is 1. The monoisotopic (exact) mass is 353 g/mol. The Hall–Kier alpha value is -3.28. The van der Waals surface area contributed by atoms with E-state index in [9.17, 15) is 14.7 Å². The molecule has 0 atom stereocenters. The van der Waals surface area contributed by atoms with Crippen molar-refractivity contribution in [3.05, 3.63) is 65.4 Å². The number of benzene rings is 2. The molecular formula is C20H19NO5. The van der Waals surface area contributed by atoms with Gasteiger partial charge in [0.05, 0.1) is 25.8 Å². The van der Waals surface area contributed by atoms with Crippen LogP contribution in [0.3, 0.4) is 0 Å². The Morgan fingerprint density at radius 2 is 1.54 bits per heavy atom. The Labute approximate surface area is 151 Å². The molecule has 26 heavy (non-hydrogen) atoms. The maximum Gasteiger partial charge on any atom is 0.296 e. The van der Waals surface area contributed by atoms with Crippen molar-refractivity contribution in [3.8, 4) is 11.5 Å². The van der Waals surface area contributed by atoms with Gasteiger partial charge < -0.3 is 14.6 Å². The molecule has 134 valence electrons. The lowest BCUT2D eigenvalue weighted by Crippen LogP contribution is -2.31. The van der Waals surface area contributed by atoms with Crippen molar-refractivity contribution in [1.82, 2.24) is 4.90 Å². The van der Waals surface area contributed by atoms with Crippen LogP contribution in [-0.4, -0.2) is 35.5 Å². The van der Waals surface area contributed by atoms with E-state index < -0.39 is 17.6 Å². The Morgan fingerprint density at radius 1 is 0.923 bits per heavy atom. The Balaban J connectivity index is 1.82. The summed E-state index contributed by atoms with van der Waals surface area (Å²) in [6.07, 6.45) is 0. The number of hydrogen-bond acceptors (Lipinski definition) is 5. The van der Waals surface area contributed by atoms with E-state index in [0.717, 1.165) is 10.5 Å². The van der Waals surface area contributed by atoms with E-state index in [-0.39, 0.29) is 12.1 Å². The van der Waals surface area contributed by atoms with Crippen LogP contribution in [0.1, 0.15) is 18.1 Å². The highest BCUT2D eigenvalue weighted by atomic mass is 16.5. The zero-order valence-electron chi connectivity index (χ0n) is 14.6. The van der Waals surface area contributed by atoms with Gasteiger partial charge in [0.15, 0.2) is 5.76 Å². The molecule has 0 fully saturated rings. The molecule has 1 aliphatic rings. The van der Waals surface area contributed by atoms with Gasteiger partial charge in [0, 0.05) is 0 Å². The first-order valence-electron chi connectivity index (χ1n) is 8.20. The van der Waals surface area contributed by atoms with Gasteiger partial charge in [-0.25, -0.2) is 0 Å². The molecule has 1 aliphatic heterocycles. The third-order valence-corrected chi connectivity index (χ3v) is 4.10. The number of rotatable bonds is 6. The van der Waals surface area contributed by atoms with Crippen molar-refractivity contribution >= 4 is 17.4 Å². The summed E-state index contributed by atoms with van der Waals surface area (Å²) in [6.45, 7) is 2.48. The van der Waals surface area contributed by atoms with Gasteiger partial charge in [0.25, 0.3) is 11.8 Å². The molecule has 0 saturated carbocycles. The summed E-state index contributed by atoms with van der Waals surface area (Å²) in [4.78, 5) is 26.1. The molecule has 2 amide bonds. The van der Waals surface area contributed by atoms with E-state index in [1.165, 1.54) is 0 Å². The molecule has 3 rings (SSSR count). The first kappa shape index (κ1) is 17.5. The number of ether oxygens (including phenoxy) is 2. The predicted octanol–water partition coefficient (Wildman–Crippen LogP) is 2.93. The highest BCUT2D eigenvalue weighted by molar-refractivity contribution is 6.34.